The first-order valence-corrected chi connectivity index (χ1v) is 5.77. The van der Waals surface area contributed by atoms with Gasteiger partial charge in [-0.25, -0.2) is 4.98 Å². The fourth-order valence-corrected chi connectivity index (χ4v) is 2.86. The second kappa shape index (κ2) is 2.97. The van der Waals surface area contributed by atoms with E-state index in [1.807, 2.05) is 6.07 Å². The van der Waals surface area contributed by atoms with Crippen LogP contribution in [0.1, 0.15) is 12.0 Å². The SMILES string of the molecule is Clc1nc2cc(Br)cc3c2n1CCC3. The maximum Gasteiger partial charge on any atom is 0.203 e. The second-order valence-electron chi connectivity index (χ2n) is 3.57. The van der Waals surface area contributed by atoms with Crippen LogP contribution >= 0.6 is 27.5 Å². The van der Waals surface area contributed by atoms with Crippen LogP contribution in [0.2, 0.25) is 5.28 Å². The van der Waals surface area contributed by atoms with E-state index in [4.69, 9.17) is 11.6 Å². The number of rotatable bonds is 0. The van der Waals surface area contributed by atoms with E-state index >= 15 is 0 Å². The zero-order valence-corrected chi connectivity index (χ0v) is 9.77. The molecule has 2 nitrogen and oxygen atoms in total. The summed E-state index contributed by atoms with van der Waals surface area (Å²) in [4.78, 5) is 4.34. The summed E-state index contributed by atoms with van der Waals surface area (Å²) in [6, 6.07) is 4.18. The molecule has 14 heavy (non-hydrogen) atoms. The van der Waals surface area contributed by atoms with Gasteiger partial charge in [-0.2, -0.15) is 0 Å². The Labute approximate surface area is 95.0 Å². The lowest BCUT2D eigenvalue weighted by molar-refractivity contribution is 0.632. The van der Waals surface area contributed by atoms with Crippen LogP contribution in [0.25, 0.3) is 11.0 Å². The van der Waals surface area contributed by atoms with Gasteiger partial charge in [0.1, 0.15) is 0 Å². The van der Waals surface area contributed by atoms with Crippen molar-refractivity contribution in [3.63, 3.8) is 0 Å². The van der Waals surface area contributed by atoms with Gasteiger partial charge in [-0.3, -0.25) is 0 Å². The third-order valence-corrected chi connectivity index (χ3v) is 3.41. The lowest BCUT2D eigenvalue weighted by Gasteiger charge is -2.15. The van der Waals surface area contributed by atoms with Gasteiger partial charge in [0.15, 0.2) is 0 Å². The van der Waals surface area contributed by atoms with Crippen molar-refractivity contribution in [3.8, 4) is 0 Å². The molecule has 1 aliphatic rings. The molecule has 0 amide bonds. The molecule has 0 atom stereocenters. The first kappa shape index (κ1) is 8.74. The van der Waals surface area contributed by atoms with E-state index in [1.54, 1.807) is 0 Å². The Kier molecular flexibility index (Phi) is 1.86. The molecule has 2 heterocycles. The topological polar surface area (TPSA) is 17.8 Å². The van der Waals surface area contributed by atoms with Gasteiger partial charge in [0.2, 0.25) is 5.28 Å². The van der Waals surface area contributed by atoms with Crippen molar-refractivity contribution in [3.05, 3.63) is 27.5 Å². The Balaban J connectivity index is 2.48. The van der Waals surface area contributed by atoms with Crippen LogP contribution < -0.4 is 0 Å². The molecule has 0 spiro atoms. The molecule has 0 saturated carbocycles. The van der Waals surface area contributed by atoms with Gasteiger partial charge in [-0.15, -0.1) is 0 Å². The van der Waals surface area contributed by atoms with Gasteiger partial charge in [0, 0.05) is 11.0 Å². The fourth-order valence-electron chi connectivity index (χ4n) is 2.11. The van der Waals surface area contributed by atoms with E-state index in [1.165, 1.54) is 11.1 Å². The molecular weight excluding hydrogens is 263 g/mol. The normalized spacial score (nSPS) is 15.0. The number of aryl methyl sites for hydroxylation is 2. The number of benzene rings is 1. The first-order valence-electron chi connectivity index (χ1n) is 4.60. The van der Waals surface area contributed by atoms with Crippen LogP contribution in [0.15, 0.2) is 16.6 Å². The van der Waals surface area contributed by atoms with E-state index < -0.39 is 0 Å². The zero-order chi connectivity index (χ0) is 9.71. The minimum absolute atomic E-state index is 0.610. The third-order valence-electron chi connectivity index (χ3n) is 2.67. The zero-order valence-electron chi connectivity index (χ0n) is 7.43. The van der Waals surface area contributed by atoms with Gasteiger partial charge in [-0.05, 0) is 42.1 Å². The summed E-state index contributed by atoms with van der Waals surface area (Å²) in [6.45, 7) is 0.990. The van der Waals surface area contributed by atoms with Gasteiger partial charge >= 0.3 is 0 Å². The number of hydrogen-bond donors (Lipinski definition) is 0. The Morgan fingerprint density at radius 3 is 3.14 bits per heavy atom. The molecule has 4 heteroatoms. The first-order chi connectivity index (χ1) is 6.75. The average molecular weight is 272 g/mol. The molecule has 1 aromatic carbocycles. The van der Waals surface area contributed by atoms with Gasteiger partial charge < -0.3 is 4.57 Å². The van der Waals surface area contributed by atoms with Gasteiger partial charge in [0.25, 0.3) is 0 Å². The summed E-state index contributed by atoms with van der Waals surface area (Å²) >= 11 is 9.55. The third kappa shape index (κ3) is 1.12. The van der Waals surface area contributed by atoms with Gasteiger partial charge in [0.05, 0.1) is 11.0 Å². The van der Waals surface area contributed by atoms with Crippen LogP contribution in [0.3, 0.4) is 0 Å². The summed E-state index contributed by atoms with van der Waals surface area (Å²) in [6.07, 6.45) is 2.27. The van der Waals surface area contributed by atoms with Gasteiger partial charge in [-0.1, -0.05) is 15.9 Å². The van der Waals surface area contributed by atoms with Crippen molar-refractivity contribution in [2.45, 2.75) is 19.4 Å². The highest BCUT2D eigenvalue weighted by atomic mass is 79.9. The molecule has 0 saturated heterocycles. The Hall–Kier alpha value is -0.540. The van der Waals surface area contributed by atoms with Crippen molar-refractivity contribution in [1.82, 2.24) is 9.55 Å². The molecule has 0 N–H and O–H groups in total. The van der Waals surface area contributed by atoms with Crippen LogP contribution in [0, 0.1) is 0 Å². The molecule has 0 unspecified atom stereocenters. The van der Waals surface area contributed by atoms with Crippen molar-refractivity contribution < 1.29 is 0 Å². The minimum atomic E-state index is 0.610. The Bertz CT molecular complexity index is 518. The highest BCUT2D eigenvalue weighted by Gasteiger charge is 2.17. The van der Waals surface area contributed by atoms with Crippen LogP contribution in [0.5, 0.6) is 0 Å². The average Bonchev–Trinajstić information content (AvgIpc) is 2.45. The Morgan fingerprint density at radius 2 is 2.29 bits per heavy atom. The highest BCUT2D eigenvalue weighted by molar-refractivity contribution is 9.10. The van der Waals surface area contributed by atoms with E-state index in [9.17, 15) is 0 Å². The molecule has 0 fully saturated rings. The van der Waals surface area contributed by atoms with E-state index in [0.29, 0.717) is 5.28 Å². The molecule has 0 radical (unpaired) electrons. The predicted octanol–water partition coefficient (Wildman–Crippen LogP) is 3.40. The summed E-state index contributed by atoms with van der Waals surface area (Å²) in [7, 11) is 0. The summed E-state index contributed by atoms with van der Waals surface area (Å²) in [5.74, 6) is 0. The largest absolute Gasteiger partial charge is 0.314 e. The number of nitrogens with zero attached hydrogens (tertiary/aromatic N) is 2. The number of hydrogen-bond acceptors (Lipinski definition) is 1. The molecule has 0 bridgehead atoms. The van der Waals surface area contributed by atoms with Crippen LogP contribution in [-0.2, 0) is 13.0 Å². The van der Waals surface area contributed by atoms with Crippen molar-refractivity contribution in [1.29, 1.82) is 0 Å². The van der Waals surface area contributed by atoms with Crippen molar-refractivity contribution in [2.24, 2.45) is 0 Å². The van der Waals surface area contributed by atoms with E-state index in [-0.39, 0.29) is 0 Å². The molecule has 2 aromatic rings. The maximum atomic E-state index is 6.06. The van der Waals surface area contributed by atoms with Crippen molar-refractivity contribution in [2.75, 3.05) is 0 Å². The van der Waals surface area contributed by atoms with E-state index in [2.05, 4.69) is 31.5 Å². The van der Waals surface area contributed by atoms with Crippen LogP contribution in [0.4, 0.5) is 0 Å². The summed E-state index contributed by atoms with van der Waals surface area (Å²) in [5.41, 5.74) is 3.56. The summed E-state index contributed by atoms with van der Waals surface area (Å²) in [5, 5.41) is 0.610. The molecular formula is C10H8BrClN2. The lowest BCUT2D eigenvalue weighted by atomic mass is 10.1. The minimum Gasteiger partial charge on any atom is -0.314 e. The lowest BCUT2D eigenvalue weighted by Crippen LogP contribution is -2.07. The monoisotopic (exact) mass is 270 g/mol. The van der Waals surface area contributed by atoms with Crippen LogP contribution in [-0.4, -0.2) is 9.55 Å². The Morgan fingerprint density at radius 1 is 1.43 bits per heavy atom. The predicted molar refractivity (Wildman–Crippen MR) is 60.8 cm³/mol. The number of aromatic nitrogens is 2. The second-order valence-corrected chi connectivity index (χ2v) is 4.82. The van der Waals surface area contributed by atoms with E-state index in [0.717, 1.165) is 29.4 Å². The molecule has 3 rings (SSSR count). The number of halogens is 2. The van der Waals surface area contributed by atoms with Crippen molar-refractivity contribution >= 4 is 38.6 Å². The molecule has 0 aliphatic carbocycles. The standard InChI is InChI=1S/C10H8BrClN2/c11-7-4-6-2-1-3-14-9(6)8(5-7)13-10(14)12/h4-5H,1-3H2. The molecule has 72 valence electrons. The maximum absolute atomic E-state index is 6.06. The highest BCUT2D eigenvalue weighted by Crippen LogP contribution is 2.31. The number of imidazole rings is 1. The smallest absolute Gasteiger partial charge is 0.203 e. The molecule has 1 aromatic heterocycles. The molecule has 1 aliphatic heterocycles. The quantitative estimate of drug-likeness (QED) is 0.718. The summed E-state index contributed by atoms with van der Waals surface area (Å²) < 4.78 is 3.19. The fraction of sp³-hybridized carbons (Fsp3) is 0.300.